The largest absolute Gasteiger partial charge is 0.490 e. The van der Waals surface area contributed by atoms with E-state index in [1.165, 1.54) is 6.21 Å². The SMILES string of the molecule is CCOc1cc(C=NNC(=O)CC(=O)Nc2ccccc2C)cc(Br)c1OCc1ccccc1C#N. The van der Waals surface area contributed by atoms with Crippen LogP contribution in [-0.2, 0) is 16.2 Å². The van der Waals surface area contributed by atoms with E-state index < -0.39 is 11.8 Å². The second-order valence-electron chi connectivity index (χ2n) is 7.65. The summed E-state index contributed by atoms with van der Waals surface area (Å²) in [6, 6.07) is 20.2. The van der Waals surface area contributed by atoms with Gasteiger partial charge in [0.05, 0.1) is 28.9 Å². The highest BCUT2D eigenvalue weighted by atomic mass is 79.9. The van der Waals surface area contributed by atoms with Crippen LogP contribution in [0.4, 0.5) is 5.69 Å². The van der Waals surface area contributed by atoms with Crippen molar-refractivity contribution in [3.8, 4) is 17.6 Å². The molecular formula is C27H25BrN4O4. The summed E-state index contributed by atoms with van der Waals surface area (Å²) in [7, 11) is 0. The molecule has 2 amide bonds. The Kier molecular flexibility index (Phi) is 9.60. The van der Waals surface area contributed by atoms with Crippen LogP contribution in [0.2, 0.25) is 0 Å². The molecule has 0 spiro atoms. The maximum atomic E-state index is 12.1. The standard InChI is InChI=1S/C27H25BrN4O4/c1-3-35-24-13-19(12-22(28)27(24)36-17-21-10-6-5-9-20(21)15-29)16-30-32-26(34)14-25(33)31-23-11-7-4-8-18(23)2/h4-13,16H,3,14,17H2,1-2H3,(H,31,33)(H,32,34). The molecule has 9 heteroatoms. The number of nitriles is 1. The van der Waals surface area contributed by atoms with Gasteiger partial charge >= 0.3 is 0 Å². The molecule has 0 aliphatic rings. The molecule has 3 aromatic carbocycles. The van der Waals surface area contributed by atoms with E-state index in [-0.39, 0.29) is 13.0 Å². The Bertz CT molecular complexity index is 1320. The predicted molar refractivity (Wildman–Crippen MR) is 141 cm³/mol. The van der Waals surface area contributed by atoms with Crippen molar-refractivity contribution in [3.63, 3.8) is 0 Å². The molecule has 0 bridgehead atoms. The Hall–Kier alpha value is -4.16. The highest BCUT2D eigenvalue weighted by Crippen LogP contribution is 2.37. The third-order valence-corrected chi connectivity index (χ3v) is 5.57. The maximum Gasteiger partial charge on any atom is 0.249 e. The fraction of sp³-hybridized carbons (Fsp3) is 0.185. The van der Waals surface area contributed by atoms with Crippen molar-refractivity contribution in [2.24, 2.45) is 5.10 Å². The zero-order valence-corrected chi connectivity index (χ0v) is 21.5. The van der Waals surface area contributed by atoms with Crippen LogP contribution in [0, 0.1) is 18.3 Å². The fourth-order valence-corrected chi connectivity index (χ4v) is 3.82. The van der Waals surface area contributed by atoms with Gasteiger partial charge in [-0.25, -0.2) is 5.43 Å². The summed E-state index contributed by atoms with van der Waals surface area (Å²) in [4.78, 5) is 24.3. The van der Waals surface area contributed by atoms with E-state index in [9.17, 15) is 14.9 Å². The molecule has 0 fully saturated rings. The highest BCUT2D eigenvalue weighted by Gasteiger charge is 2.14. The molecule has 0 unspecified atom stereocenters. The zero-order valence-electron chi connectivity index (χ0n) is 19.9. The van der Waals surface area contributed by atoms with E-state index >= 15 is 0 Å². The van der Waals surface area contributed by atoms with Gasteiger partial charge in [0.1, 0.15) is 13.0 Å². The first kappa shape index (κ1) is 26.4. The number of nitrogens with one attached hydrogen (secondary N) is 2. The summed E-state index contributed by atoms with van der Waals surface area (Å²) in [5.41, 5.74) is 5.86. The van der Waals surface area contributed by atoms with E-state index in [1.807, 2.05) is 44.2 Å². The second kappa shape index (κ2) is 13.1. The molecule has 184 valence electrons. The van der Waals surface area contributed by atoms with Crippen LogP contribution < -0.4 is 20.2 Å². The lowest BCUT2D eigenvalue weighted by molar-refractivity contribution is -0.126. The van der Waals surface area contributed by atoms with Gasteiger partial charge in [-0.1, -0.05) is 36.4 Å². The van der Waals surface area contributed by atoms with Gasteiger partial charge in [0.2, 0.25) is 11.8 Å². The number of carbonyl (C=O) groups is 2. The Labute approximate surface area is 218 Å². The molecule has 3 rings (SSSR count). The number of hydrazone groups is 1. The minimum Gasteiger partial charge on any atom is -0.490 e. The molecule has 0 aliphatic heterocycles. The number of hydrogen-bond acceptors (Lipinski definition) is 6. The summed E-state index contributed by atoms with van der Waals surface area (Å²) in [6.45, 7) is 4.32. The maximum absolute atomic E-state index is 12.1. The molecule has 0 aliphatic carbocycles. The van der Waals surface area contributed by atoms with Crippen molar-refractivity contribution in [2.45, 2.75) is 26.9 Å². The zero-order chi connectivity index (χ0) is 25.9. The van der Waals surface area contributed by atoms with E-state index in [0.29, 0.717) is 39.4 Å². The molecule has 8 nitrogen and oxygen atoms in total. The monoisotopic (exact) mass is 548 g/mol. The number of hydrogen-bond donors (Lipinski definition) is 2. The van der Waals surface area contributed by atoms with Gasteiger partial charge in [0, 0.05) is 11.3 Å². The van der Waals surface area contributed by atoms with Crippen LogP contribution in [0.25, 0.3) is 0 Å². The van der Waals surface area contributed by atoms with Gasteiger partial charge in [-0.15, -0.1) is 0 Å². The van der Waals surface area contributed by atoms with Crippen LogP contribution >= 0.6 is 15.9 Å². The van der Waals surface area contributed by atoms with Crippen molar-refractivity contribution < 1.29 is 19.1 Å². The third-order valence-electron chi connectivity index (χ3n) is 4.98. The lowest BCUT2D eigenvalue weighted by Crippen LogP contribution is -2.24. The summed E-state index contributed by atoms with van der Waals surface area (Å²) >= 11 is 3.50. The second-order valence-corrected chi connectivity index (χ2v) is 8.51. The van der Waals surface area contributed by atoms with Crippen LogP contribution in [0.15, 0.2) is 70.2 Å². The average molecular weight is 549 g/mol. The number of ether oxygens (including phenoxy) is 2. The first-order valence-electron chi connectivity index (χ1n) is 11.2. The number of halogens is 1. The first-order chi connectivity index (χ1) is 17.4. The van der Waals surface area contributed by atoms with E-state index in [2.05, 4.69) is 37.8 Å². The molecule has 0 saturated heterocycles. The fourth-order valence-electron chi connectivity index (χ4n) is 3.24. The van der Waals surface area contributed by atoms with Crippen molar-refractivity contribution in [1.29, 1.82) is 5.26 Å². The number of benzene rings is 3. The molecule has 2 N–H and O–H groups in total. The minimum absolute atomic E-state index is 0.191. The number of amides is 2. The van der Waals surface area contributed by atoms with Crippen molar-refractivity contribution in [2.75, 3.05) is 11.9 Å². The number of aryl methyl sites for hydroxylation is 1. The Balaban J connectivity index is 1.63. The Morgan fingerprint density at radius 3 is 2.58 bits per heavy atom. The van der Waals surface area contributed by atoms with E-state index in [1.54, 1.807) is 30.3 Å². The Morgan fingerprint density at radius 2 is 1.83 bits per heavy atom. The van der Waals surface area contributed by atoms with Gasteiger partial charge in [0.15, 0.2) is 11.5 Å². The molecule has 0 saturated carbocycles. The minimum atomic E-state index is -0.544. The number of anilines is 1. The normalized spacial score (nSPS) is 10.5. The summed E-state index contributed by atoms with van der Waals surface area (Å²) in [5, 5.41) is 15.9. The van der Waals surface area contributed by atoms with Gasteiger partial charge in [-0.3, -0.25) is 9.59 Å². The summed E-state index contributed by atoms with van der Waals surface area (Å²) in [6.07, 6.45) is 1.08. The highest BCUT2D eigenvalue weighted by molar-refractivity contribution is 9.10. The molecule has 36 heavy (non-hydrogen) atoms. The van der Waals surface area contributed by atoms with Gasteiger partial charge in [0.25, 0.3) is 0 Å². The lowest BCUT2D eigenvalue weighted by Gasteiger charge is -2.15. The number of nitrogens with zero attached hydrogens (tertiary/aromatic N) is 2. The molecule has 0 aromatic heterocycles. The van der Waals surface area contributed by atoms with Gasteiger partial charge in [-0.2, -0.15) is 10.4 Å². The smallest absolute Gasteiger partial charge is 0.249 e. The average Bonchev–Trinajstić information content (AvgIpc) is 2.85. The quantitative estimate of drug-likeness (QED) is 0.208. The predicted octanol–water partition coefficient (Wildman–Crippen LogP) is 5.09. The van der Waals surface area contributed by atoms with E-state index in [0.717, 1.165) is 11.1 Å². The topological polar surface area (TPSA) is 113 Å². The van der Waals surface area contributed by atoms with Crippen molar-refractivity contribution in [3.05, 3.63) is 87.4 Å². The number of carbonyl (C=O) groups excluding carboxylic acids is 2. The molecule has 0 atom stereocenters. The molecule has 3 aromatic rings. The number of rotatable bonds is 10. The van der Waals surface area contributed by atoms with E-state index in [4.69, 9.17) is 9.47 Å². The first-order valence-corrected chi connectivity index (χ1v) is 11.9. The third kappa shape index (κ3) is 7.42. The molecule has 0 heterocycles. The van der Waals surface area contributed by atoms with Crippen LogP contribution in [-0.4, -0.2) is 24.6 Å². The molecule has 0 radical (unpaired) electrons. The summed E-state index contributed by atoms with van der Waals surface area (Å²) in [5.74, 6) is -0.0132. The van der Waals surface area contributed by atoms with Crippen LogP contribution in [0.1, 0.15) is 35.6 Å². The van der Waals surface area contributed by atoms with Gasteiger partial charge in [-0.05, 0) is 65.2 Å². The Morgan fingerprint density at radius 1 is 1.08 bits per heavy atom. The lowest BCUT2D eigenvalue weighted by atomic mass is 10.1. The van der Waals surface area contributed by atoms with Crippen LogP contribution in [0.3, 0.4) is 0 Å². The van der Waals surface area contributed by atoms with Crippen molar-refractivity contribution in [1.82, 2.24) is 5.43 Å². The van der Waals surface area contributed by atoms with Crippen LogP contribution in [0.5, 0.6) is 11.5 Å². The van der Waals surface area contributed by atoms with Crippen molar-refractivity contribution >= 4 is 39.6 Å². The molecular weight excluding hydrogens is 524 g/mol. The number of para-hydroxylation sites is 1. The summed E-state index contributed by atoms with van der Waals surface area (Å²) < 4.78 is 12.3. The van der Waals surface area contributed by atoms with Gasteiger partial charge < -0.3 is 14.8 Å².